The third-order valence-corrected chi connectivity index (χ3v) is 2.22. The molecular weight excluding hydrogens is 224 g/mol. The zero-order valence-electron chi connectivity index (χ0n) is 9.45. The molecule has 0 bridgehead atoms. The Balaban J connectivity index is 1.68. The molecule has 1 aliphatic carbocycles. The van der Waals surface area contributed by atoms with Gasteiger partial charge in [0.2, 0.25) is 5.91 Å². The number of aromatic nitrogens is 1. The highest BCUT2D eigenvalue weighted by atomic mass is 16.5. The van der Waals surface area contributed by atoms with E-state index >= 15 is 0 Å². The number of nitrogens with zero attached hydrogens (tertiary/aromatic N) is 1. The largest absolute Gasteiger partial charge is 0.360 e. The summed E-state index contributed by atoms with van der Waals surface area (Å²) in [5.74, 6) is 0.612. The molecule has 7 heteroatoms. The summed E-state index contributed by atoms with van der Waals surface area (Å²) in [6, 6.07) is 1.55. The number of rotatable bonds is 4. The molecule has 2 rings (SSSR count). The van der Waals surface area contributed by atoms with Crippen molar-refractivity contribution >= 4 is 17.8 Å². The van der Waals surface area contributed by atoms with Crippen molar-refractivity contribution in [2.75, 3.05) is 11.9 Å². The van der Waals surface area contributed by atoms with E-state index in [0.717, 1.165) is 12.8 Å². The van der Waals surface area contributed by atoms with Crippen molar-refractivity contribution in [2.45, 2.75) is 25.8 Å². The number of nitrogens with one attached hydrogen (secondary N) is 3. The molecule has 92 valence electrons. The number of anilines is 1. The van der Waals surface area contributed by atoms with Crippen LogP contribution in [-0.2, 0) is 4.79 Å². The fourth-order valence-corrected chi connectivity index (χ4v) is 1.24. The Bertz CT molecular complexity index is 425. The Hall–Kier alpha value is -2.05. The number of carbonyl (C=O) groups is 2. The van der Waals surface area contributed by atoms with Crippen molar-refractivity contribution in [1.29, 1.82) is 0 Å². The van der Waals surface area contributed by atoms with Gasteiger partial charge in [-0.3, -0.25) is 4.79 Å². The van der Waals surface area contributed by atoms with E-state index in [2.05, 4.69) is 21.1 Å². The number of aryl methyl sites for hydroxylation is 1. The van der Waals surface area contributed by atoms with Crippen LogP contribution in [0.1, 0.15) is 18.6 Å². The van der Waals surface area contributed by atoms with Gasteiger partial charge in [-0.15, -0.1) is 0 Å². The second-order valence-corrected chi connectivity index (χ2v) is 3.97. The van der Waals surface area contributed by atoms with Crippen LogP contribution in [0.25, 0.3) is 0 Å². The molecule has 0 saturated heterocycles. The highest BCUT2D eigenvalue weighted by Gasteiger charge is 2.23. The summed E-state index contributed by atoms with van der Waals surface area (Å²) in [5, 5.41) is 11.3. The Morgan fingerprint density at radius 3 is 2.88 bits per heavy atom. The smallest absolute Gasteiger partial charge is 0.315 e. The first-order valence-corrected chi connectivity index (χ1v) is 5.41. The van der Waals surface area contributed by atoms with Crippen molar-refractivity contribution in [1.82, 2.24) is 15.8 Å². The van der Waals surface area contributed by atoms with E-state index in [-0.39, 0.29) is 24.5 Å². The number of hydrogen-bond acceptors (Lipinski definition) is 4. The minimum Gasteiger partial charge on any atom is -0.360 e. The van der Waals surface area contributed by atoms with E-state index in [4.69, 9.17) is 4.52 Å². The van der Waals surface area contributed by atoms with Crippen LogP contribution in [0.4, 0.5) is 10.6 Å². The van der Waals surface area contributed by atoms with Crippen LogP contribution >= 0.6 is 0 Å². The van der Waals surface area contributed by atoms with Crippen LogP contribution in [0.2, 0.25) is 0 Å². The molecule has 0 radical (unpaired) electrons. The molecular formula is C10H14N4O3. The number of hydrogen-bond donors (Lipinski definition) is 3. The van der Waals surface area contributed by atoms with Crippen molar-refractivity contribution in [2.24, 2.45) is 0 Å². The summed E-state index contributed by atoms with van der Waals surface area (Å²) in [7, 11) is 0. The van der Waals surface area contributed by atoms with Gasteiger partial charge in [0.1, 0.15) is 5.76 Å². The van der Waals surface area contributed by atoms with Crippen LogP contribution in [0.15, 0.2) is 10.6 Å². The molecule has 0 unspecified atom stereocenters. The first-order valence-electron chi connectivity index (χ1n) is 5.41. The van der Waals surface area contributed by atoms with Gasteiger partial charge in [0.05, 0.1) is 6.54 Å². The van der Waals surface area contributed by atoms with E-state index in [1.54, 1.807) is 13.0 Å². The third kappa shape index (κ3) is 3.78. The SMILES string of the molecule is Cc1cc(NC(=O)CNC(=O)NC2CC2)no1. The maximum absolute atomic E-state index is 11.4. The molecule has 0 atom stereocenters. The lowest BCUT2D eigenvalue weighted by molar-refractivity contribution is -0.115. The third-order valence-electron chi connectivity index (χ3n) is 2.22. The van der Waals surface area contributed by atoms with Gasteiger partial charge in [0, 0.05) is 12.1 Å². The van der Waals surface area contributed by atoms with Gasteiger partial charge >= 0.3 is 6.03 Å². The lowest BCUT2D eigenvalue weighted by atomic mass is 10.4. The lowest BCUT2D eigenvalue weighted by Crippen LogP contribution is -2.40. The van der Waals surface area contributed by atoms with E-state index in [9.17, 15) is 9.59 Å². The summed E-state index contributed by atoms with van der Waals surface area (Å²) in [5.41, 5.74) is 0. The highest BCUT2D eigenvalue weighted by molar-refractivity contribution is 5.93. The van der Waals surface area contributed by atoms with E-state index in [0.29, 0.717) is 11.6 Å². The maximum Gasteiger partial charge on any atom is 0.315 e. The predicted octanol–water partition coefficient (Wildman–Crippen LogP) is 0.383. The molecule has 3 N–H and O–H groups in total. The molecule has 1 heterocycles. The molecule has 1 aliphatic rings. The van der Waals surface area contributed by atoms with Gasteiger partial charge in [-0.05, 0) is 19.8 Å². The van der Waals surface area contributed by atoms with Crippen LogP contribution < -0.4 is 16.0 Å². The van der Waals surface area contributed by atoms with E-state index in [1.165, 1.54) is 0 Å². The molecule has 1 aromatic rings. The Kier molecular flexibility index (Phi) is 3.27. The minimum atomic E-state index is -0.343. The quantitative estimate of drug-likeness (QED) is 0.706. The molecule has 1 fully saturated rings. The zero-order chi connectivity index (χ0) is 12.3. The summed E-state index contributed by atoms with van der Waals surface area (Å²) in [6.45, 7) is 1.63. The topological polar surface area (TPSA) is 96.3 Å². The minimum absolute atomic E-state index is 0.0928. The standard InChI is InChI=1S/C10H14N4O3/c1-6-4-8(14-17-6)13-9(15)5-11-10(16)12-7-2-3-7/h4,7H,2-3,5H2,1H3,(H2,11,12,16)(H,13,14,15). The first kappa shape index (κ1) is 11.4. The van der Waals surface area contributed by atoms with Crippen LogP contribution in [0.3, 0.4) is 0 Å². The average molecular weight is 238 g/mol. The van der Waals surface area contributed by atoms with Crippen molar-refractivity contribution in [3.63, 3.8) is 0 Å². The fraction of sp³-hybridized carbons (Fsp3) is 0.500. The molecule has 1 aromatic heterocycles. The van der Waals surface area contributed by atoms with Crippen molar-refractivity contribution < 1.29 is 14.1 Å². The Morgan fingerprint density at radius 2 is 2.29 bits per heavy atom. The molecule has 0 spiro atoms. The molecule has 1 saturated carbocycles. The number of carbonyl (C=O) groups excluding carboxylic acids is 2. The zero-order valence-corrected chi connectivity index (χ0v) is 9.45. The van der Waals surface area contributed by atoms with Crippen LogP contribution in [-0.4, -0.2) is 29.7 Å². The highest BCUT2D eigenvalue weighted by Crippen LogP contribution is 2.18. The normalized spacial score (nSPS) is 14.2. The summed E-state index contributed by atoms with van der Waals surface area (Å²) in [6.07, 6.45) is 2.02. The lowest BCUT2D eigenvalue weighted by Gasteiger charge is -2.05. The van der Waals surface area contributed by atoms with E-state index in [1.807, 2.05) is 0 Å². The summed E-state index contributed by atoms with van der Waals surface area (Å²) >= 11 is 0. The first-order chi connectivity index (χ1) is 8.13. The van der Waals surface area contributed by atoms with Crippen LogP contribution in [0, 0.1) is 6.92 Å². The average Bonchev–Trinajstić information content (AvgIpc) is 2.99. The molecule has 0 aromatic carbocycles. The van der Waals surface area contributed by atoms with Crippen LogP contribution in [0.5, 0.6) is 0 Å². The van der Waals surface area contributed by atoms with Gasteiger partial charge in [-0.2, -0.15) is 0 Å². The van der Waals surface area contributed by atoms with Gasteiger partial charge in [-0.1, -0.05) is 5.16 Å². The maximum atomic E-state index is 11.4. The molecule has 3 amide bonds. The van der Waals surface area contributed by atoms with Crippen molar-refractivity contribution in [3.8, 4) is 0 Å². The summed E-state index contributed by atoms with van der Waals surface area (Å²) in [4.78, 5) is 22.6. The Labute approximate surface area is 97.9 Å². The van der Waals surface area contributed by atoms with Gasteiger partial charge < -0.3 is 20.5 Å². The van der Waals surface area contributed by atoms with Crippen molar-refractivity contribution in [3.05, 3.63) is 11.8 Å². The molecule has 7 nitrogen and oxygen atoms in total. The Morgan fingerprint density at radius 1 is 1.53 bits per heavy atom. The monoisotopic (exact) mass is 238 g/mol. The van der Waals surface area contributed by atoms with E-state index < -0.39 is 0 Å². The molecule has 0 aliphatic heterocycles. The van der Waals surface area contributed by atoms with Gasteiger partial charge in [-0.25, -0.2) is 4.79 Å². The summed E-state index contributed by atoms with van der Waals surface area (Å²) < 4.78 is 4.79. The molecule has 17 heavy (non-hydrogen) atoms. The fourth-order valence-electron chi connectivity index (χ4n) is 1.24. The number of urea groups is 1. The predicted molar refractivity (Wildman–Crippen MR) is 59.4 cm³/mol. The second kappa shape index (κ2) is 4.86. The van der Waals surface area contributed by atoms with Gasteiger partial charge in [0.25, 0.3) is 0 Å². The number of amides is 3. The van der Waals surface area contributed by atoms with Gasteiger partial charge in [0.15, 0.2) is 5.82 Å². The second-order valence-electron chi connectivity index (χ2n) is 3.97.